The van der Waals surface area contributed by atoms with Gasteiger partial charge in [-0.3, -0.25) is 4.79 Å². The molecular formula is C17H23N2O6P. The van der Waals surface area contributed by atoms with Crippen molar-refractivity contribution in [2.75, 3.05) is 13.7 Å². The van der Waals surface area contributed by atoms with E-state index in [0.717, 1.165) is 13.5 Å². The Morgan fingerprint density at radius 2 is 2.08 bits per heavy atom. The van der Waals surface area contributed by atoms with Crippen LogP contribution in [0.5, 0.6) is 5.75 Å². The van der Waals surface area contributed by atoms with Gasteiger partial charge in [0.1, 0.15) is 17.5 Å². The maximum Gasteiger partial charge on any atom is 0.327 e. The van der Waals surface area contributed by atoms with Crippen LogP contribution in [0, 0.1) is 11.3 Å². The van der Waals surface area contributed by atoms with E-state index >= 15 is 0 Å². The van der Waals surface area contributed by atoms with E-state index in [9.17, 15) is 19.8 Å². The molecule has 0 aromatic heterocycles. The van der Waals surface area contributed by atoms with Crippen molar-refractivity contribution in [2.45, 2.75) is 44.4 Å². The van der Waals surface area contributed by atoms with Gasteiger partial charge in [-0.1, -0.05) is 0 Å². The summed E-state index contributed by atoms with van der Waals surface area (Å²) in [6, 6.07) is 6.59. The summed E-state index contributed by atoms with van der Waals surface area (Å²) in [4.78, 5) is 32.8. The number of nitriles is 1. The molecular weight excluding hydrogens is 359 g/mol. The van der Waals surface area contributed by atoms with Crippen molar-refractivity contribution in [3.8, 4) is 11.8 Å². The highest BCUT2D eigenvalue weighted by atomic mass is 31.2. The molecule has 2 unspecified atom stereocenters. The van der Waals surface area contributed by atoms with Gasteiger partial charge in [0.05, 0.1) is 17.7 Å². The summed E-state index contributed by atoms with van der Waals surface area (Å²) < 4.78 is 11.4. The minimum atomic E-state index is -2.62. The van der Waals surface area contributed by atoms with Crippen LogP contribution in [0.3, 0.4) is 0 Å². The second-order valence-electron chi connectivity index (χ2n) is 6.48. The molecule has 3 N–H and O–H groups in total. The van der Waals surface area contributed by atoms with Gasteiger partial charge in [-0.15, -0.1) is 0 Å². The molecule has 0 saturated carbocycles. The quantitative estimate of drug-likeness (QED) is 0.679. The lowest BCUT2D eigenvalue weighted by molar-refractivity contribution is -0.138. The summed E-state index contributed by atoms with van der Waals surface area (Å²) in [6.07, 6.45) is 0.427. The minimum absolute atomic E-state index is 0.0141. The molecule has 1 aromatic rings. The third kappa shape index (κ3) is 3.98. The summed E-state index contributed by atoms with van der Waals surface area (Å²) in [5.74, 6) is 0.559. The number of carbonyl (C=O) groups is 1. The van der Waals surface area contributed by atoms with Gasteiger partial charge in [-0.05, 0) is 38.5 Å². The Labute approximate surface area is 153 Å². The highest BCUT2D eigenvalue weighted by Gasteiger charge is 2.50. The zero-order chi connectivity index (χ0) is 19.5. The molecule has 1 aromatic carbocycles. The van der Waals surface area contributed by atoms with Gasteiger partial charge in [0.25, 0.3) is 0 Å². The van der Waals surface area contributed by atoms with E-state index in [4.69, 9.17) is 14.4 Å². The second-order valence-corrected chi connectivity index (χ2v) is 7.20. The fourth-order valence-corrected chi connectivity index (χ4v) is 3.98. The number of amides is 1. The monoisotopic (exact) mass is 382 g/mol. The molecule has 0 bridgehead atoms. The number of hydrogen-bond acceptors (Lipinski definition) is 7. The molecule has 0 radical (unpaired) electrons. The molecule has 2 atom stereocenters. The number of aliphatic hydroxyl groups is 1. The number of hydrogen-bond donors (Lipinski definition) is 3. The molecule has 2 heterocycles. The van der Waals surface area contributed by atoms with Crippen LogP contribution in [-0.2, 0) is 9.32 Å². The Morgan fingerprint density at radius 3 is 2.62 bits per heavy atom. The minimum Gasteiger partial charge on any atom is -0.485 e. The van der Waals surface area contributed by atoms with Crippen LogP contribution in [-0.4, -0.2) is 51.1 Å². The molecule has 1 fully saturated rings. The lowest BCUT2D eigenvalue weighted by atomic mass is 9.85. The van der Waals surface area contributed by atoms with Gasteiger partial charge < -0.3 is 29.1 Å². The molecule has 2 aliphatic rings. The molecule has 9 heteroatoms. The fraction of sp³-hybridized carbons (Fsp3) is 0.529. The lowest BCUT2D eigenvalue weighted by Gasteiger charge is -2.47. The van der Waals surface area contributed by atoms with Crippen LogP contribution in [0.2, 0.25) is 0 Å². The van der Waals surface area contributed by atoms with Gasteiger partial charge >= 0.3 is 8.60 Å². The van der Waals surface area contributed by atoms with Gasteiger partial charge in [-0.2, -0.15) is 5.26 Å². The average Bonchev–Trinajstić information content (AvgIpc) is 3.02. The molecule has 142 valence electrons. The summed E-state index contributed by atoms with van der Waals surface area (Å²) in [5, 5.41) is 16.2. The molecule has 3 rings (SSSR count). The average molecular weight is 382 g/mol. The maximum atomic E-state index is 12.3. The fourth-order valence-electron chi connectivity index (χ4n) is 3.41. The van der Waals surface area contributed by atoms with Gasteiger partial charge in [0, 0.05) is 25.6 Å². The highest BCUT2D eigenvalue weighted by Crippen LogP contribution is 2.48. The van der Waals surface area contributed by atoms with Crippen LogP contribution >= 0.6 is 8.60 Å². The van der Waals surface area contributed by atoms with Crippen molar-refractivity contribution in [1.82, 2.24) is 4.90 Å². The molecule has 0 aliphatic carbocycles. The van der Waals surface area contributed by atoms with Crippen molar-refractivity contribution in [3.63, 3.8) is 0 Å². The Kier molecular flexibility index (Phi) is 6.56. The second kappa shape index (κ2) is 8.30. The molecule has 0 spiro atoms. The number of nitrogens with zero attached hydrogens (tertiary/aromatic N) is 2. The Hall–Kier alpha value is -1.75. The summed E-state index contributed by atoms with van der Waals surface area (Å²) >= 11 is 0. The van der Waals surface area contributed by atoms with Crippen LogP contribution in [0.25, 0.3) is 0 Å². The number of ether oxygens (including phenoxy) is 1. The van der Waals surface area contributed by atoms with Crippen LogP contribution in [0.4, 0.5) is 0 Å². The molecule has 1 amide bonds. The summed E-state index contributed by atoms with van der Waals surface area (Å²) in [7, 11) is -1.62. The van der Waals surface area contributed by atoms with Crippen molar-refractivity contribution in [3.05, 3.63) is 29.3 Å². The SMILES string of the molecule is CC1(C)Oc2ccc(C#N)cc2C(N2CCCC2=O)C1OP(O)O.CO. The summed E-state index contributed by atoms with van der Waals surface area (Å²) in [5.41, 5.74) is 0.231. The molecule has 8 nitrogen and oxygen atoms in total. The van der Waals surface area contributed by atoms with Gasteiger partial charge in [-0.25, -0.2) is 0 Å². The lowest BCUT2D eigenvalue weighted by Crippen LogP contribution is -2.54. The maximum absolute atomic E-state index is 12.3. The zero-order valence-corrected chi connectivity index (χ0v) is 15.8. The third-order valence-corrected chi connectivity index (χ3v) is 4.87. The van der Waals surface area contributed by atoms with E-state index in [1.807, 2.05) is 0 Å². The van der Waals surface area contributed by atoms with Gasteiger partial charge in [0.2, 0.25) is 5.91 Å². The van der Waals surface area contributed by atoms with Crippen molar-refractivity contribution in [1.29, 1.82) is 5.26 Å². The number of carbonyl (C=O) groups excluding carboxylic acids is 1. The Bertz CT molecular complexity index is 703. The van der Waals surface area contributed by atoms with E-state index in [2.05, 4.69) is 6.07 Å². The molecule has 1 saturated heterocycles. The van der Waals surface area contributed by atoms with Crippen LogP contribution in [0.15, 0.2) is 18.2 Å². The number of benzene rings is 1. The zero-order valence-electron chi connectivity index (χ0n) is 14.9. The first-order valence-corrected chi connectivity index (χ1v) is 9.32. The van der Waals surface area contributed by atoms with E-state index in [0.29, 0.717) is 29.8 Å². The largest absolute Gasteiger partial charge is 0.485 e. The number of likely N-dealkylation sites (tertiary alicyclic amines) is 1. The first-order valence-electron chi connectivity index (χ1n) is 8.15. The first-order chi connectivity index (χ1) is 12.3. The molecule has 26 heavy (non-hydrogen) atoms. The van der Waals surface area contributed by atoms with E-state index < -0.39 is 26.3 Å². The number of fused-ring (bicyclic) bond motifs is 1. The van der Waals surface area contributed by atoms with E-state index in [-0.39, 0.29) is 5.91 Å². The topological polar surface area (TPSA) is 123 Å². The van der Waals surface area contributed by atoms with Crippen molar-refractivity contribution in [2.24, 2.45) is 0 Å². The summed E-state index contributed by atoms with van der Waals surface area (Å²) in [6.45, 7) is 4.13. The van der Waals surface area contributed by atoms with Crippen LogP contribution < -0.4 is 4.74 Å². The van der Waals surface area contributed by atoms with Gasteiger partial charge in [0.15, 0.2) is 0 Å². The first kappa shape index (κ1) is 20.6. The number of aliphatic hydroxyl groups excluding tert-OH is 1. The smallest absolute Gasteiger partial charge is 0.327 e. The number of rotatable bonds is 3. The Morgan fingerprint density at radius 1 is 1.38 bits per heavy atom. The normalized spacial score (nSPS) is 23.6. The van der Waals surface area contributed by atoms with Crippen LogP contribution in [0.1, 0.15) is 43.9 Å². The standard InChI is InChI=1S/C16H19N2O5P.CH4O/c1-16(2)15(23-24(20)21)14(18-7-3-4-13(18)19)11-8-10(9-17)5-6-12(11)22-16;1-2/h5-6,8,14-15,20-21H,3-4,7H2,1-2H3;2H,1H3. The Balaban J connectivity index is 0.00000117. The van der Waals surface area contributed by atoms with E-state index in [1.54, 1.807) is 36.9 Å². The van der Waals surface area contributed by atoms with E-state index in [1.165, 1.54) is 0 Å². The van der Waals surface area contributed by atoms with Crippen molar-refractivity contribution >= 4 is 14.5 Å². The predicted molar refractivity (Wildman–Crippen MR) is 93.9 cm³/mol. The molecule has 2 aliphatic heterocycles. The predicted octanol–water partition coefficient (Wildman–Crippen LogP) is 1.60. The highest BCUT2D eigenvalue weighted by molar-refractivity contribution is 7.39. The third-order valence-electron chi connectivity index (χ3n) is 4.46. The van der Waals surface area contributed by atoms with Crippen molar-refractivity contribution < 1.29 is 28.9 Å².